The number of aromatic nitrogens is 2. The third kappa shape index (κ3) is 4.47. The van der Waals surface area contributed by atoms with Gasteiger partial charge in [0.05, 0.1) is 11.1 Å². The van der Waals surface area contributed by atoms with Gasteiger partial charge in [-0.05, 0) is 42.5 Å². The van der Waals surface area contributed by atoms with E-state index in [0.717, 1.165) is 4.47 Å². The highest BCUT2D eigenvalue weighted by Crippen LogP contribution is 2.20. The molecule has 140 valence electrons. The topological polar surface area (TPSA) is 113 Å². The number of hydrogen-bond donors (Lipinski definition) is 3. The van der Waals surface area contributed by atoms with Crippen LogP contribution in [-0.2, 0) is 17.1 Å². The van der Waals surface area contributed by atoms with Gasteiger partial charge in [-0.2, -0.15) is 4.98 Å². The van der Waals surface area contributed by atoms with Crippen LogP contribution in [-0.4, -0.2) is 29.0 Å². The molecule has 0 aliphatic heterocycles. The number of carbonyl (C=O) groups is 1. The van der Waals surface area contributed by atoms with E-state index in [1.807, 2.05) is 0 Å². The Morgan fingerprint density at radius 1 is 1.19 bits per heavy atom. The van der Waals surface area contributed by atoms with Crippen LogP contribution < -0.4 is 10.0 Å². The van der Waals surface area contributed by atoms with E-state index < -0.39 is 15.9 Å². The average Bonchev–Trinajstić information content (AvgIpc) is 2.94. The molecular weight excluding hydrogens is 436 g/mol. The number of benzene rings is 2. The maximum atomic E-state index is 12.6. The lowest BCUT2D eigenvalue weighted by Gasteiger charge is -2.10. The zero-order valence-electron chi connectivity index (χ0n) is 14.0. The second-order valence-corrected chi connectivity index (χ2v) is 8.23. The van der Waals surface area contributed by atoms with Gasteiger partial charge in [-0.3, -0.25) is 14.8 Å². The number of amides is 1. The van der Waals surface area contributed by atoms with E-state index >= 15 is 0 Å². The highest BCUT2D eigenvalue weighted by Gasteiger charge is 2.17. The van der Waals surface area contributed by atoms with E-state index in [2.05, 4.69) is 31.0 Å². The van der Waals surface area contributed by atoms with E-state index in [0.29, 0.717) is 5.69 Å². The molecule has 3 rings (SSSR count). The summed E-state index contributed by atoms with van der Waals surface area (Å²) in [6.07, 6.45) is 1.33. The third-order valence-electron chi connectivity index (χ3n) is 3.59. The second kappa shape index (κ2) is 7.41. The van der Waals surface area contributed by atoms with E-state index in [-0.39, 0.29) is 22.3 Å². The predicted molar refractivity (Wildman–Crippen MR) is 104 cm³/mol. The van der Waals surface area contributed by atoms with Crippen LogP contribution in [0.5, 0.6) is 5.88 Å². The SMILES string of the molecule is Cn1cc(O)nc1NC(=O)c1cccc(S(=O)(=O)Nc2ccc(Br)cc2)c1. The fourth-order valence-corrected chi connectivity index (χ4v) is 3.65. The molecule has 3 aromatic rings. The maximum absolute atomic E-state index is 12.6. The smallest absolute Gasteiger partial charge is 0.261 e. The van der Waals surface area contributed by atoms with Crippen LogP contribution in [0, 0.1) is 0 Å². The Morgan fingerprint density at radius 2 is 1.89 bits per heavy atom. The molecule has 0 radical (unpaired) electrons. The number of aryl methyl sites for hydroxylation is 1. The molecule has 0 fully saturated rings. The summed E-state index contributed by atoms with van der Waals surface area (Å²) in [5.74, 6) is -0.647. The quantitative estimate of drug-likeness (QED) is 0.552. The Hall–Kier alpha value is -2.85. The van der Waals surface area contributed by atoms with Crippen molar-refractivity contribution in [2.24, 2.45) is 7.05 Å². The van der Waals surface area contributed by atoms with Gasteiger partial charge in [0, 0.05) is 22.8 Å². The Bertz CT molecular complexity index is 1090. The van der Waals surface area contributed by atoms with Crippen LogP contribution in [0.1, 0.15) is 10.4 Å². The van der Waals surface area contributed by atoms with Crippen molar-refractivity contribution in [2.45, 2.75) is 4.90 Å². The Labute approximate surface area is 164 Å². The van der Waals surface area contributed by atoms with Crippen molar-refractivity contribution < 1.29 is 18.3 Å². The summed E-state index contributed by atoms with van der Waals surface area (Å²) >= 11 is 3.29. The normalized spacial score (nSPS) is 11.2. The second-order valence-electron chi connectivity index (χ2n) is 5.63. The van der Waals surface area contributed by atoms with Crippen LogP contribution in [0.4, 0.5) is 11.6 Å². The first-order valence-corrected chi connectivity index (χ1v) is 9.94. The molecule has 0 spiro atoms. The zero-order valence-corrected chi connectivity index (χ0v) is 16.5. The fourth-order valence-electron chi connectivity index (χ4n) is 2.28. The monoisotopic (exact) mass is 450 g/mol. The summed E-state index contributed by atoms with van der Waals surface area (Å²) < 4.78 is 29.9. The number of carbonyl (C=O) groups excluding carboxylic acids is 1. The Morgan fingerprint density at radius 3 is 2.52 bits per heavy atom. The number of sulfonamides is 1. The van der Waals surface area contributed by atoms with Crippen molar-refractivity contribution in [3.63, 3.8) is 0 Å². The van der Waals surface area contributed by atoms with Crippen LogP contribution in [0.2, 0.25) is 0 Å². The van der Waals surface area contributed by atoms with E-state index in [9.17, 15) is 18.3 Å². The van der Waals surface area contributed by atoms with Gasteiger partial charge >= 0.3 is 0 Å². The largest absolute Gasteiger partial charge is 0.492 e. The molecule has 1 heterocycles. The van der Waals surface area contributed by atoms with Gasteiger partial charge in [-0.25, -0.2) is 8.42 Å². The highest BCUT2D eigenvalue weighted by molar-refractivity contribution is 9.10. The van der Waals surface area contributed by atoms with Crippen molar-refractivity contribution in [2.75, 3.05) is 10.0 Å². The zero-order chi connectivity index (χ0) is 19.6. The number of imidazole rings is 1. The van der Waals surface area contributed by atoms with Crippen LogP contribution in [0.3, 0.4) is 0 Å². The summed E-state index contributed by atoms with van der Waals surface area (Å²) in [6.45, 7) is 0. The van der Waals surface area contributed by atoms with Gasteiger partial charge in [0.2, 0.25) is 11.8 Å². The lowest BCUT2D eigenvalue weighted by Crippen LogP contribution is -2.17. The molecule has 2 aromatic carbocycles. The van der Waals surface area contributed by atoms with Gasteiger partial charge in [-0.1, -0.05) is 22.0 Å². The van der Waals surface area contributed by atoms with Crippen LogP contribution in [0.15, 0.2) is 64.1 Å². The molecule has 0 saturated carbocycles. The Kier molecular flexibility index (Phi) is 5.19. The molecule has 8 nitrogen and oxygen atoms in total. The number of hydrogen-bond acceptors (Lipinski definition) is 5. The summed E-state index contributed by atoms with van der Waals surface area (Å²) in [7, 11) is -2.26. The molecule has 0 atom stereocenters. The highest BCUT2D eigenvalue weighted by atomic mass is 79.9. The summed E-state index contributed by atoms with van der Waals surface area (Å²) in [6, 6.07) is 12.3. The fraction of sp³-hybridized carbons (Fsp3) is 0.0588. The van der Waals surface area contributed by atoms with E-state index in [1.165, 1.54) is 35.0 Å². The van der Waals surface area contributed by atoms with Gasteiger partial charge < -0.3 is 9.67 Å². The van der Waals surface area contributed by atoms with E-state index in [4.69, 9.17) is 0 Å². The molecule has 0 unspecified atom stereocenters. The molecule has 0 bridgehead atoms. The minimum Gasteiger partial charge on any atom is -0.492 e. The molecule has 1 aromatic heterocycles. The number of anilines is 2. The number of aromatic hydroxyl groups is 1. The number of nitrogens with zero attached hydrogens (tertiary/aromatic N) is 2. The maximum Gasteiger partial charge on any atom is 0.261 e. The molecule has 27 heavy (non-hydrogen) atoms. The first-order chi connectivity index (χ1) is 12.7. The van der Waals surface area contributed by atoms with Crippen molar-refractivity contribution in [3.05, 3.63) is 64.8 Å². The molecule has 1 amide bonds. The predicted octanol–water partition coefficient (Wildman–Crippen LogP) is 2.94. The summed E-state index contributed by atoms with van der Waals surface area (Å²) in [5, 5.41) is 11.9. The minimum atomic E-state index is -3.87. The van der Waals surface area contributed by atoms with Crippen LogP contribution >= 0.6 is 15.9 Å². The minimum absolute atomic E-state index is 0.0549. The molecule has 10 heteroatoms. The molecule has 0 saturated heterocycles. The van der Waals surface area contributed by atoms with Crippen LogP contribution in [0.25, 0.3) is 0 Å². The Balaban J connectivity index is 1.82. The summed E-state index contributed by atoms with van der Waals surface area (Å²) in [4.78, 5) is 16.1. The van der Waals surface area contributed by atoms with Crippen molar-refractivity contribution in [3.8, 4) is 5.88 Å². The van der Waals surface area contributed by atoms with Crippen molar-refractivity contribution in [1.82, 2.24) is 9.55 Å². The average molecular weight is 451 g/mol. The molecular formula is C17H15BrN4O4S. The van der Waals surface area contributed by atoms with Gasteiger partial charge in [-0.15, -0.1) is 0 Å². The number of halogens is 1. The number of nitrogens with one attached hydrogen (secondary N) is 2. The first-order valence-electron chi connectivity index (χ1n) is 7.67. The third-order valence-corrected chi connectivity index (χ3v) is 5.50. The molecule has 0 aliphatic rings. The lowest BCUT2D eigenvalue weighted by atomic mass is 10.2. The summed E-state index contributed by atoms with van der Waals surface area (Å²) in [5.41, 5.74) is 0.535. The van der Waals surface area contributed by atoms with E-state index in [1.54, 1.807) is 31.3 Å². The van der Waals surface area contributed by atoms with Gasteiger partial charge in [0.25, 0.3) is 15.9 Å². The molecule has 0 aliphatic carbocycles. The first kappa shape index (κ1) is 18.9. The van der Waals surface area contributed by atoms with Gasteiger partial charge in [0.1, 0.15) is 0 Å². The molecule has 3 N–H and O–H groups in total. The lowest BCUT2D eigenvalue weighted by molar-refractivity contribution is 0.102. The number of rotatable bonds is 5. The standard InChI is InChI=1S/C17H15BrN4O4S/c1-22-10-15(23)19-17(22)20-16(24)11-3-2-4-14(9-11)27(25,26)21-13-7-5-12(18)6-8-13/h2-10,21,23H,1H3,(H,19,20,24). The van der Waals surface area contributed by atoms with Crippen molar-refractivity contribution in [1.29, 1.82) is 0 Å². The van der Waals surface area contributed by atoms with Crippen molar-refractivity contribution >= 4 is 43.5 Å². The van der Waals surface area contributed by atoms with Gasteiger partial charge in [0.15, 0.2) is 0 Å².